The van der Waals surface area contributed by atoms with Gasteiger partial charge in [0.25, 0.3) is 0 Å². The Morgan fingerprint density at radius 1 is 1.33 bits per heavy atom. The summed E-state index contributed by atoms with van der Waals surface area (Å²) in [5.41, 5.74) is 1.50. The van der Waals surface area contributed by atoms with Crippen molar-refractivity contribution in [1.82, 2.24) is 4.90 Å². The molecule has 0 saturated carbocycles. The highest BCUT2D eigenvalue weighted by Gasteiger charge is 2.20. The van der Waals surface area contributed by atoms with Crippen LogP contribution in [0.5, 0.6) is 0 Å². The molecular weight excluding hydrogens is 184 g/mol. The van der Waals surface area contributed by atoms with Gasteiger partial charge in [0.15, 0.2) is 5.70 Å². The van der Waals surface area contributed by atoms with Crippen LogP contribution in [0.1, 0.15) is 32.6 Å². The first-order valence-corrected chi connectivity index (χ1v) is 6.23. The van der Waals surface area contributed by atoms with Gasteiger partial charge in [-0.15, -0.1) is 0 Å². The molecule has 0 atom stereocenters. The lowest BCUT2D eigenvalue weighted by Gasteiger charge is -2.29. The van der Waals surface area contributed by atoms with Gasteiger partial charge in [-0.25, -0.2) is 4.58 Å². The van der Waals surface area contributed by atoms with Crippen LogP contribution >= 0.6 is 0 Å². The topological polar surface area (TPSA) is 6.25 Å². The molecule has 0 aromatic rings. The van der Waals surface area contributed by atoms with Crippen LogP contribution in [0.4, 0.5) is 0 Å². The standard InChI is InChI=1S/C13H23N2/c1-12-6-9-15(10-7-12)11-13-5-3-4-8-14(13)2/h5,8,12H,3-4,6-7,9-11H2,1-2H3/q+1. The van der Waals surface area contributed by atoms with E-state index < -0.39 is 0 Å². The van der Waals surface area contributed by atoms with Crippen molar-refractivity contribution in [1.29, 1.82) is 0 Å². The zero-order valence-electron chi connectivity index (χ0n) is 10.1. The fraction of sp³-hybridized carbons (Fsp3) is 0.769. The second-order valence-electron chi connectivity index (χ2n) is 5.02. The fourth-order valence-electron chi connectivity index (χ4n) is 2.40. The molecule has 2 aliphatic heterocycles. The lowest BCUT2D eigenvalue weighted by molar-refractivity contribution is -0.445. The minimum atomic E-state index is 0.936. The molecule has 15 heavy (non-hydrogen) atoms. The molecule has 0 aromatic carbocycles. The van der Waals surface area contributed by atoms with Crippen molar-refractivity contribution in [3.05, 3.63) is 11.8 Å². The van der Waals surface area contributed by atoms with Crippen molar-refractivity contribution >= 4 is 6.21 Å². The molecule has 0 bridgehead atoms. The Kier molecular flexibility index (Phi) is 3.57. The molecular formula is C13H23N2+. The first-order valence-electron chi connectivity index (χ1n) is 6.23. The summed E-state index contributed by atoms with van der Waals surface area (Å²) in [7, 11) is 2.18. The Morgan fingerprint density at radius 2 is 2.07 bits per heavy atom. The molecule has 0 radical (unpaired) electrons. The second kappa shape index (κ2) is 4.93. The number of likely N-dealkylation sites (N-methyl/N-ethyl adjacent to an activating group) is 1. The van der Waals surface area contributed by atoms with Crippen LogP contribution in [0.15, 0.2) is 11.8 Å². The summed E-state index contributed by atoms with van der Waals surface area (Å²) < 4.78 is 2.31. The van der Waals surface area contributed by atoms with Gasteiger partial charge >= 0.3 is 0 Å². The van der Waals surface area contributed by atoms with E-state index in [9.17, 15) is 0 Å². The Balaban J connectivity index is 1.86. The third-order valence-electron chi connectivity index (χ3n) is 3.66. The summed E-state index contributed by atoms with van der Waals surface area (Å²) in [5.74, 6) is 0.936. The van der Waals surface area contributed by atoms with Crippen LogP contribution in [-0.4, -0.2) is 42.4 Å². The Hall–Kier alpha value is -0.630. The minimum absolute atomic E-state index is 0.936. The lowest BCUT2D eigenvalue weighted by atomic mass is 9.99. The third-order valence-corrected chi connectivity index (χ3v) is 3.66. The molecule has 0 aromatic heterocycles. The molecule has 1 fully saturated rings. The minimum Gasteiger partial charge on any atom is -0.294 e. The normalized spacial score (nSPS) is 24.9. The second-order valence-corrected chi connectivity index (χ2v) is 5.02. The van der Waals surface area contributed by atoms with Gasteiger partial charge in [-0.3, -0.25) is 4.90 Å². The van der Waals surface area contributed by atoms with Crippen molar-refractivity contribution in [2.45, 2.75) is 32.6 Å². The summed E-state index contributed by atoms with van der Waals surface area (Å²) in [6.45, 7) is 6.09. The zero-order chi connectivity index (χ0) is 10.7. The van der Waals surface area contributed by atoms with E-state index in [1.54, 1.807) is 0 Å². The largest absolute Gasteiger partial charge is 0.294 e. The summed E-state index contributed by atoms with van der Waals surface area (Å²) in [6.07, 6.45) is 9.89. The average molecular weight is 207 g/mol. The van der Waals surface area contributed by atoms with Gasteiger partial charge in [0.1, 0.15) is 13.3 Å². The van der Waals surface area contributed by atoms with Crippen molar-refractivity contribution in [2.24, 2.45) is 5.92 Å². The van der Waals surface area contributed by atoms with Crippen LogP contribution in [0, 0.1) is 5.92 Å². The van der Waals surface area contributed by atoms with Gasteiger partial charge in [-0.1, -0.05) is 6.92 Å². The maximum atomic E-state index is 2.60. The van der Waals surface area contributed by atoms with E-state index in [1.807, 2.05) is 0 Å². The molecule has 0 N–H and O–H groups in total. The third kappa shape index (κ3) is 2.91. The highest BCUT2D eigenvalue weighted by molar-refractivity contribution is 5.53. The smallest absolute Gasteiger partial charge is 0.190 e. The molecule has 2 heterocycles. The van der Waals surface area contributed by atoms with E-state index >= 15 is 0 Å². The van der Waals surface area contributed by atoms with Crippen LogP contribution in [0.25, 0.3) is 0 Å². The van der Waals surface area contributed by atoms with Crippen molar-refractivity contribution in [2.75, 3.05) is 26.7 Å². The van der Waals surface area contributed by atoms with Gasteiger partial charge in [0.05, 0.1) is 6.54 Å². The highest BCUT2D eigenvalue weighted by Crippen LogP contribution is 2.17. The number of allylic oxidation sites excluding steroid dienone is 1. The van der Waals surface area contributed by atoms with Gasteiger partial charge < -0.3 is 0 Å². The van der Waals surface area contributed by atoms with Crippen LogP contribution < -0.4 is 0 Å². The van der Waals surface area contributed by atoms with Crippen molar-refractivity contribution in [3.63, 3.8) is 0 Å². The maximum absolute atomic E-state index is 2.60. The highest BCUT2D eigenvalue weighted by atomic mass is 15.2. The monoisotopic (exact) mass is 207 g/mol. The predicted octanol–water partition coefficient (Wildman–Crippen LogP) is 2.11. The van der Waals surface area contributed by atoms with Gasteiger partial charge in [-0.05, 0) is 44.3 Å². The lowest BCUT2D eigenvalue weighted by Crippen LogP contribution is -2.36. The molecule has 84 valence electrons. The van der Waals surface area contributed by atoms with E-state index in [0.29, 0.717) is 0 Å². The van der Waals surface area contributed by atoms with Gasteiger partial charge in [-0.2, -0.15) is 0 Å². The summed E-state index contributed by atoms with van der Waals surface area (Å²) in [6, 6.07) is 0. The summed E-state index contributed by atoms with van der Waals surface area (Å²) in [5, 5.41) is 0. The predicted molar refractivity (Wildman–Crippen MR) is 64.4 cm³/mol. The van der Waals surface area contributed by atoms with Crippen molar-refractivity contribution < 1.29 is 4.58 Å². The van der Waals surface area contributed by atoms with Crippen LogP contribution in [0.2, 0.25) is 0 Å². The number of nitrogens with zero attached hydrogens (tertiary/aromatic N) is 2. The Labute approximate surface area is 93.3 Å². The fourth-order valence-corrected chi connectivity index (χ4v) is 2.40. The first-order chi connectivity index (χ1) is 7.25. The number of rotatable bonds is 2. The number of piperidine rings is 1. The molecule has 2 aliphatic rings. The molecule has 2 rings (SSSR count). The number of hydrogen-bond donors (Lipinski definition) is 0. The SMILES string of the molecule is CC1CCN(CC2=CCCC=[N+]2C)CC1. The molecule has 0 amide bonds. The molecule has 1 saturated heterocycles. The van der Waals surface area contributed by atoms with Crippen LogP contribution in [0.3, 0.4) is 0 Å². The average Bonchev–Trinajstić information content (AvgIpc) is 2.25. The van der Waals surface area contributed by atoms with E-state index in [-0.39, 0.29) is 0 Å². The van der Waals surface area contributed by atoms with E-state index in [4.69, 9.17) is 0 Å². The zero-order valence-corrected chi connectivity index (χ0v) is 10.1. The molecule has 2 heteroatoms. The van der Waals surface area contributed by atoms with Gasteiger partial charge in [0.2, 0.25) is 0 Å². The van der Waals surface area contributed by atoms with Gasteiger partial charge in [0, 0.05) is 6.42 Å². The molecule has 0 unspecified atom stereocenters. The van der Waals surface area contributed by atoms with Crippen LogP contribution in [-0.2, 0) is 0 Å². The summed E-state index contributed by atoms with van der Waals surface area (Å²) >= 11 is 0. The Bertz CT molecular complexity index is 270. The van der Waals surface area contributed by atoms with E-state index in [1.165, 1.54) is 44.5 Å². The number of hydrogen-bond acceptors (Lipinski definition) is 1. The number of likely N-dealkylation sites (tertiary alicyclic amines) is 1. The van der Waals surface area contributed by atoms with E-state index in [2.05, 4.69) is 35.7 Å². The first kappa shape index (κ1) is 10.9. The quantitative estimate of drug-likeness (QED) is 0.629. The molecule has 2 nitrogen and oxygen atoms in total. The van der Waals surface area contributed by atoms with E-state index in [0.717, 1.165) is 12.5 Å². The molecule has 0 aliphatic carbocycles. The Morgan fingerprint density at radius 3 is 2.73 bits per heavy atom. The maximum Gasteiger partial charge on any atom is 0.190 e. The van der Waals surface area contributed by atoms with Crippen molar-refractivity contribution in [3.8, 4) is 0 Å². The summed E-state index contributed by atoms with van der Waals surface area (Å²) in [4.78, 5) is 2.60. The molecule has 0 spiro atoms.